The van der Waals surface area contributed by atoms with Crippen molar-refractivity contribution in [1.29, 1.82) is 0 Å². The van der Waals surface area contributed by atoms with Crippen LogP contribution in [0.5, 0.6) is 23.0 Å². The van der Waals surface area contributed by atoms with Crippen molar-refractivity contribution < 1.29 is 38.2 Å². The summed E-state index contributed by atoms with van der Waals surface area (Å²) in [7, 11) is 2.99. The van der Waals surface area contributed by atoms with Crippen LogP contribution in [0.15, 0.2) is 36.4 Å². The van der Waals surface area contributed by atoms with E-state index in [0.717, 1.165) is 0 Å². The Kier molecular flexibility index (Phi) is 11.2. The number of fused-ring (bicyclic) bond motifs is 3. The number of amides is 5. The number of carbonyl (C=O) groups is 5. The van der Waals surface area contributed by atoms with Gasteiger partial charge >= 0.3 is 0 Å². The quantitative estimate of drug-likeness (QED) is 0.401. The number of methoxy groups -OCH3 is 2. The van der Waals surface area contributed by atoms with E-state index in [1.165, 1.54) is 19.1 Å². The van der Waals surface area contributed by atoms with Crippen LogP contribution in [0.2, 0.25) is 0 Å². The van der Waals surface area contributed by atoms with Crippen LogP contribution < -0.4 is 35.5 Å². The summed E-state index contributed by atoms with van der Waals surface area (Å²) in [6, 6.07) is 8.42. The molecule has 5 amide bonds. The number of hydrogen-bond acceptors (Lipinski definition) is 8. The van der Waals surface area contributed by atoms with E-state index in [2.05, 4.69) is 21.3 Å². The van der Waals surface area contributed by atoms with Crippen LogP contribution >= 0.6 is 0 Å². The topological polar surface area (TPSA) is 164 Å². The molecule has 13 heteroatoms. The van der Waals surface area contributed by atoms with Gasteiger partial charge in [0.2, 0.25) is 23.6 Å². The van der Waals surface area contributed by atoms with Crippen molar-refractivity contribution >= 4 is 29.5 Å². The Morgan fingerprint density at radius 1 is 0.933 bits per heavy atom. The summed E-state index contributed by atoms with van der Waals surface area (Å²) in [6.07, 6.45) is 1.60. The average molecular weight is 624 g/mol. The van der Waals surface area contributed by atoms with E-state index in [-0.39, 0.29) is 49.7 Å². The van der Waals surface area contributed by atoms with Gasteiger partial charge in [0, 0.05) is 25.1 Å². The number of benzene rings is 2. The Balaban J connectivity index is 1.65. The first kappa shape index (κ1) is 33.1. The van der Waals surface area contributed by atoms with Crippen LogP contribution in [-0.2, 0) is 25.7 Å². The molecule has 0 saturated carbocycles. The third-order valence-electron chi connectivity index (χ3n) is 7.74. The summed E-state index contributed by atoms with van der Waals surface area (Å²) in [5.41, 5.74) is 0.882. The molecule has 1 saturated heterocycles. The molecule has 2 bridgehead atoms. The number of rotatable bonds is 4. The summed E-state index contributed by atoms with van der Waals surface area (Å²) in [5.74, 6) is -0.571. The van der Waals surface area contributed by atoms with Crippen molar-refractivity contribution in [3.63, 3.8) is 0 Å². The third kappa shape index (κ3) is 8.43. The normalized spacial score (nSPS) is 20.2. The minimum absolute atomic E-state index is 0.00571. The molecule has 45 heavy (non-hydrogen) atoms. The molecule has 242 valence electrons. The minimum Gasteiger partial charge on any atom is -0.496 e. The molecule has 2 atom stereocenters. The lowest BCUT2D eigenvalue weighted by Gasteiger charge is -2.27. The maximum atomic E-state index is 13.4. The molecule has 13 nitrogen and oxygen atoms in total. The highest BCUT2D eigenvalue weighted by Gasteiger charge is 2.32. The van der Waals surface area contributed by atoms with Crippen LogP contribution in [0.25, 0.3) is 0 Å². The van der Waals surface area contributed by atoms with Crippen LogP contribution in [0.4, 0.5) is 0 Å². The largest absolute Gasteiger partial charge is 0.496 e. The fourth-order valence-electron chi connectivity index (χ4n) is 5.25. The molecule has 2 aromatic rings. The van der Waals surface area contributed by atoms with E-state index in [9.17, 15) is 24.0 Å². The Hall–Kier alpha value is -4.81. The van der Waals surface area contributed by atoms with E-state index >= 15 is 0 Å². The molecular formula is C32H41N5O8. The molecule has 2 heterocycles. The standard InChI is InChI=1S/C32H41N5O8/c1-19(2)29-31(41)34-17-21-23(43-3)8-7-9-24(21)45-26-16-20(10-12-25(26)44-4)30(40)33-14-5-6-15-37(18-28(39)36-29)32(42)22-11-13-27(38)35-22/h7-10,12,16,19,22,29H,5-6,11,13-15,17-18H2,1-4H3,(H,33,40)(H,34,41)(H,35,38)(H,36,39)/t22-,29-/m1/s1. The van der Waals surface area contributed by atoms with Crippen molar-refractivity contribution in [3.05, 3.63) is 47.5 Å². The number of carbonyl (C=O) groups excluding carboxylic acids is 5. The molecule has 0 unspecified atom stereocenters. The zero-order chi connectivity index (χ0) is 32.5. The highest BCUT2D eigenvalue weighted by molar-refractivity contribution is 5.95. The van der Waals surface area contributed by atoms with E-state index in [4.69, 9.17) is 14.2 Å². The Labute approximate surface area is 262 Å². The van der Waals surface area contributed by atoms with Gasteiger partial charge in [-0.2, -0.15) is 0 Å². The van der Waals surface area contributed by atoms with E-state index < -0.39 is 23.9 Å². The fourth-order valence-corrected chi connectivity index (χ4v) is 5.25. The first-order valence-corrected chi connectivity index (χ1v) is 15.1. The summed E-state index contributed by atoms with van der Waals surface area (Å²) in [5, 5.41) is 11.2. The first-order chi connectivity index (χ1) is 21.6. The van der Waals surface area contributed by atoms with E-state index in [1.54, 1.807) is 36.4 Å². The Bertz CT molecular complexity index is 1430. The molecule has 0 aliphatic carbocycles. The SMILES string of the molecule is COc1ccc2cc1Oc1cccc(OC)c1CNC(=O)[C@@H](C(C)C)NC(=O)CN(C(=O)[C@H]1CCC(=O)N1)CCCCNC2=O. The van der Waals surface area contributed by atoms with Crippen molar-refractivity contribution in [1.82, 2.24) is 26.2 Å². The molecule has 0 spiro atoms. The lowest BCUT2D eigenvalue weighted by Crippen LogP contribution is -2.54. The molecule has 1 fully saturated rings. The number of hydrogen-bond donors (Lipinski definition) is 4. The van der Waals surface area contributed by atoms with Gasteiger partial charge in [-0.25, -0.2) is 0 Å². The molecule has 2 aliphatic rings. The summed E-state index contributed by atoms with van der Waals surface area (Å²) in [6.45, 7) is 3.89. The second kappa shape index (κ2) is 15.3. The number of nitrogens with one attached hydrogen (secondary N) is 4. The molecule has 4 rings (SSSR count). The predicted molar refractivity (Wildman–Crippen MR) is 164 cm³/mol. The van der Waals surface area contributed by atoms with Gasteiger partial charge in [-0.1, -0.05) is 19.9 Å². The monoisotopic (exact) mass is 623 g/mol. The van der Waals surface area contributed by atoms with Gasteiger partial charge < -0.3 is 40.4 Å². The predicted octanol–water partition coefficient (Wildman–Crippen LogP) is 1.88. The van der Waals surface area contributed by atoms with Crippen molar-refractivity contribution in [2.24, 2.45) is 5.92 Å². The Morgan fingerprint density at radius 3 is 2.40 bits per heavy atom. The van der Waals surface area contributed by atoms with Crippen molar-refractivity contribution in [2.45, 2.75) is 58.2 Å². The lowest BCUT2D eigenvalue weighted by molar-refractivity contribution is -0.139. The van der Waals surface area contributed by atoms with E-state index in [0.29, 0.717) is 59.9 Å². The van der Waals surface area contributed by atoms with Gasteiger partial charge in [-0.05, 0) is 55.5 Å². The molecule has 4 N–H and O–H groups in total. The maximum absolute atomic E-state index is 13.4. The second-order valence-electron chi connectivity index (χ2n) is 11.3. The Morgan fingerprint density at radius 2 is 1.71 bits per heavy atom. The number of ether oxygens (including phenoxy) is 3. The molecular weight excluding hydrogens is 582 g/mol. The van der Waals surface area contributed by atoms with Gasteiger partial charge in [0.05, 0.1) is 32.9 Å². The van der Waals surface area contributed by atoms with Crippen LogP contribution in [0, 0.1) is 5.92 Å². The molecule has 0 radical (unpaired) electrons. The van der Waals surface area contributed by atoms with E-state index in [1.807, 2.05) is 13.8 Å². The summed E-state index contributed by atoms with van der Waals surface area (Å²) in [4.78, 5) is 66.1. The number of nitrogens with zero attached hydrogens (tertiary/aromatic N) is 1. The van der Waals surface area contributed by atoms with Crippen molar-refractivity contribution in [2.75, 3.05) is 33.9 Å². The average Bonchev–Trinajstić information content (AvgIpc) is 3.46. The van der Waals surface area contributed by atoms with Gasteiger partial charge in [0.1, 0.15) is 23.6 Å². The smallest absolute Gasteiger partial charge is 0.251 e. The zero-order valence-electron chi connectivity index (χ0n) is 26.1. The highest BCUT2D eigenvalue weighted by Crippen LogP contribution is 2.37. The third-order valence-corrected chi connectivity index (χ3v) is 7.74. The molecule has 2 aromatic carbocycles. The van der Waals surface area contributed by atoms with Gasteiger partial charge in [-0.3, -0.25) is 24.0 Å². The van der Waals surface area contributed by atoms with Crippen LogP contribution in [-0.4, -0.2) is 80.4 Å². The van der Waals surface area contributed by atoms with Gasteiger partial charge in [0.25, 0.3) is 5.91 Å². The highest BCUT2D eigenvalue weighted by atomic mass is 16.5. The van der Waals surface area contributed by atoms with Gasteiger partial charge in [0.15, 0.2) is 11.5 Å². The van der Waals surface area contributed by atoms with Crippen LogP contribution in [0.1, 0.15) is 55.5 Å². The maximum Gasteiger partial charge on any atom is 0.251 e. The second-order valence-corrected chi connectivity index (χ2v) is 11.3. The van der Waals surface area contributed by atoms with Crippen molar-refractivity contribution in [3.8, 4) is 23.0 Å². The lowest BCUT2D eigenvalue weighted by atomic mass is 10.0. The van der Waals surface area contributed by atoms with Gasteiger partial charge in [-0.15, -0.1) is 0 Å². The summed E-state index contributed by atoms with van der Waals surface area (Å²) >= 11 is 0. The van der Waals surface area contributed by atoms with Crippen LogP contribution in [0.3, 0.4) is 0 Å². The fraction of sp³-hybridized carbons (Fsp3) is 0.469. The molecule has 0 aromatic heterocycles. The summed E-state index contributed by atoms with van der Waals surface area (Å²) < 4.78 is 17.3. The first-order valence-electron chi connectivity index (χ1n) is 15.1. The minimum atomic E-state index is -0.891. The zero-order valence-corrected chi connectivity index (χ0v) is 26.1. The molecule has 2 aliphatic heterocycles.